The van der Waals surface area contributed by atoms with Crippen LogP contribution in [0.25, 0.3) is 0 Å². The molecule has 108 valence electrons. The number of fused-ring (bicyclic) bond motifs is 1. The number of likely N-dealkylation sites (tertiary alicyclic amines) is 1. The second-order valence-electron chi connectivity index (χ2n) is 5.44. The zero-order valence-electron chi connectivity index (χ0n) is 10.4. The summed E-state index contributed by atoms with van der Waals surface area (Å²) < 4.78 is 37.3. The molecule has 19 heavy (non-hydrogen) atoms. The molecule has 2 aliphatic rings. The topological polar surface area (TPSA) is 57.6 Å². The van der Waals surface area contributed by atoms with Crippen LogP contribution >= 0.6 is 0 Å². The number of nitrogens with zero attached hydrogens (tertiary/aromatic N) is 1. The number of hydrogen-bond acceptors (Lipinski definition) is 2. The Morgan fingerprint density at radius 1 is 1.21 bits per heavy atom. The molecule has 0 unspecified atom stereocenters. The molecule has 0 spiro atoms. The first-order valence-corrected chi connectivity index (χ1v) is 6.37. The van der Waals surface area contributed by atoms with Crippen molar-refractivity contribution in [1.82, 2.24) is 4.90 Å². The second-order valence-corrected chi connectivity index (χ2v) is 5.44. The van der Waals surface area contributed by atoms with Crippen molar-refractivity contribution in [3.05, 3.63) is 0 Å². The van der Waals surface area contributed by atoms with Gasteiger partial charge in [-0.15, -0.1) is 0 Å². The highest BCUT2D eigenvalue weighted by Crippen LogP contribution is 2.46. The summed E-state index contributed by atoms with van der Waals surface area (Å²) in [5.41, 5.74) is -1.18. The first-order valence-electron chi connectivity index (χ1n) is 6.37. The van der Waals surface area contributed by atoms with E-state index in [0.29, 0.717) is 24.2 Å². The van der Waals surface area contributed by atoms with Gasteiger partial charge in [-0.05, 0) is 18.8 Å². The zero-order chi connectivity index (χ0) is 14.3. The fourth-order valence-corrected chi connectivity index (χ4v) is 3.32. The molecule has 0 radical (unpaired) electrons. The van der Waals surface area contributed by atoms with Crippen LogP contribution < -0.4 is 0 Å². The number of rotatable bonds is 1. The highest BCUT2D eigenvalue weighted by atomic mass is 19.4. The van der Waals surface area contributed by atoms with E-state index < -0.39 is 23.5 Å². The van der Waals surface area contributed by atoms with Gasteiger partial charge in [-0.2, -0.15) is 13.2 Å². The number of carbonyl (C=O) groups is 2. The van der Waals surface area contributed by atoms with Gasteiger partial charge in [-0.25, -0.2) is 0 Å². The van der Waals surface area contributed by atoms with Crippen LogP contribution in [-0.2, 0) is 9.59 Å². The summed E-state index contributed by atoms with van der Waals surface area (Å²) in [7, 11) is 0. The number of aliphatic carboxylic acids is 1. The van der Waals surface area contributed by atoms with E-state index in [4.69, 9.17) is 0 Å². The predicted molar refractivity (Wildman–Crippen MR) is 59.3 cm³/mol. The largest absolute Gasteiger partial charge is 0.481 e. The summed E-state index contributed by atoms with van der Waals surface area (Å²) in [6.45, 7) is -0.407. The standard InChI is InChI=1S/C12H16F3NO3/c13-12(14,15)9(17)16-6-8-4-2-1-3-5-11(8,7-16)10(18)19/h8H,1-7H2,(H,18,19)/t8-,11-/m1/s1. The molecule has 1 saturated heterocycles. The fraction of sp³-hybridized carbons (Fsp3) is 0.833. The van der Waals surface area contributed by atoms with Crippen LogP contribution in [0.2, 0.25) is 0 Å². The van der Waals surface area contributed by atoms with E-state index in [1.54, 1.807) is 0 Å². The zero-order valence-corrected chi connectivity index (χ0v) is 10.4. The Morgan fingerprint density at radius 2 is 1.89 bits per heavy atom. The fourth-order valence-electron chi connectivity index (χ4n) is 3.32. The highest BCUT2D eigenvalue weighted by molar-refractivity contribution is 5.84. The number of carboxylic acid groups (broad SMARTS) is 1. The molecule has 2 atom stereocenters. The number of carboxylic acids is 1. The number of halogens is 3. The lowest BCUT2D eigenvalue weighted by Crippen LogP contribution is -2.43. The molecule has 7 heteroatoms. The molecule has 0 aromatic heterocycles. The Bertz CT molecular complexity index is 396. The number of amides is 1. The van der Waals surface area contributed by atoms with E-state index in [0.717, 1.165) is 12.8 Å². The van der Waals surface area contributed by atoms with E-state index in [1.165, 1.54) is 0 Å². The first-order chi connectivity index (χ1) is 8.77. The van der Waals surface area contributed by atoms with Gasteiger partial charge in [0.15, 0.2) is 0 Å². The van der Waals surface area contributed by atoms with Gasteiger partial charge in [0, 0.05) is 13.1 Å². The molecule has 2 rings (SSSR count). The molecule has 1 N–H and O–H groups in total. The molecule has 1 amide bonds. The van der Waals surface area contributed by atoms with Crippen LogP contribution in [0.15, 0.2) is 0 Å². The quantitative estimate of drug-likeness (QED) is 0.799. The van der Waals surface area contributed by atoms with Crippen molar-refractivity contribution < 1.29 is 27.9 Å². The molecule has 1 aliphatic carbocycles. The third-order valence-corrected chi connectivity index (χ3v) is 4.33. The molecular weight excluding hydrogens is 263 g/mol. The van der Waals surface area contributed by atoms with Crippen LogP contribution in [0.5, 0.6) is 0 Å². The molecular formula is C12H16F3NO3. The number of alkyl halides is 3. The van der Waals surface area contributed by atoms with E-state index in [-0.39, 0.29) is 19.0 Å². The maximum Gasteiger partial charge on any atom is 0.471 e. The Labute approximate surface area is 108 Å². The second kappa shape index (κ2) is 4.68. The SMILES string of the molecule is O=C(N1C[C@H]2CCCCC[C@@]2(C(=O)O)C1)C(F)(F)F. The minimum absolute atomic E-state index is 0.0926. The average Bonchev–Trinajstić information content (AvgIpc) is 2.56. The van der Waals surface area contributed by atoms with Crippen molar-refractivity contribution in [2.75, 3.05) is 13.1 Å². The summed E-state index contributed by atoms with van der Waals surface area (Å²) in [4.78, 5) is 23.4. The summed E-state index contributed by atoms with van der Waals surface area (Å²) >= 11 is 0. The smallest absolute Gasteiger partial charge is 0.471 e. The Kier molecular flexibility index (Phi) is 3.49. The Morgan fingerprint density at radius 3 is 2.47 bits per heavy atom. The lowest BCUT2D eigenvalue weighted by molar-refractivity contribution is -0.185. The van der Waals surface area contributed by atoms with Gasteiger partial charge in [-0.1, -0.05) is 19.3 Å². The van der Waals surface area contributed by atoms with Gasteiger partial charge < -0.3 is 10.0 Å². The minimum Gasteiger partial charge on any atom is -0.481 e. The van der Waals surface area contributed by atoms with Gasteiger partial charge >= 0.3 is 18.1 Å². The first kappa shape index (κ1) is 14.1. The van der Waals surface area contributed by atoms with Crippen LogP contribution in [-0.4, -0.2) is 41.1 Å². The molecule has 0 bridgehead atoms. The predicted octanol–water partition coefficient (Wildman–Crippen LogP) is 2.04. The molecule has 0 aromatic carbocycles. The van der Waals surface area contributed by atoms with Crippen LogP contribution in [0.3, 0.4) is 0 Å². The van der Waals surface area contributed by atoms with Crippen LogP contribution in [0, 0.1) is 11.3 Å². The molecule has 4 nitrogen and oxygen atoms in total. The summed E-state index contributed by atoms with van der Waals surface area (Å²) in [6.07, 6.45) is -1.59. The van der Waals surface area contributed by atoms with Gasteiger partial charge in [0.1, 0.15) is 0 Å². The Balaban J connectivity index is 2.24. The van der Waals surface area contributed by atoms with Crippen molar-refractivity contribution >= 4 is 11.9 Å². The van der Waals surface area contributed by atoms with Crippen LogP contribution in [0.1, 0.15) is 32.1 Å². The lowest BCUT2D eigenvalue weighted by atomic mass is 9.74. The van der Waals surface area contributed by atoms with E-state index in [1.807, 2.05) is 0 Å². The normalized spacial score (nSPS) is 31.7. The van der Waals surface area contributed by atoms with Gasteiger partial charge in [0.05, 0.1) is 5.41 Å². The molecule has 2 fully saturated rings. The van der Waals surface area contributed by atoms with E-state index >= 15 is 0 Å². The minimum atomic E-state index is -4.93. The van der Waals surface area contributed by atoms with Crippen molar-refractivity contribution in [1.29, 1.82) is 0 Å². The van der Waals surface area contributed by atoms with E-state index in [9.17, 15) is 27.9 Å². The van der Waals surface area contributed by atoms with Crippen molar-refractivity contribution in [3.8, 4) is 0 Å². The highest BCUT2D eigenvalue weighted by Gasteiger charge is 2.56. The maximum atomic E-state index is 12.4. The number of carbonyl (C=O) groups excluding carboxylic acids is 1. The number of hydrogen-bond donors (Lipinski definition) is 1. The molecule has 1 heterocycles. The summed E-state index contributed by atoms with van der Waals surface area (Å²) in [6, 6.07) is 0. The van der Waals surface area contributed by atoms with Crippen molar-refractivity contribution in [2.24, 2.45) is 11.3 Å². The third kappa shape index (κ3) is 2.42. The monoisotopic (exact) mass is 279 g/mol. The van der Waals surface area contributed by atoms with Crippen molar-refractivity contribution in [2.45, 2.75) is 38.3 Å². The van der Waals surface area contributed by atoms with E-state index in [2.05, 4.69) is 0 Å². The Hall–Kier alpha value is -1.27. The molecule has 0 aromatic rings. The molecule has 1 saturated carbocycles. The summed E-state index contributed by atoms with van der Waals surface area (Å²) in [5.74, 6) is -3.35. The molecule has 1 aliphatic heterocycles. The van der Waals surface area contributed by atoms with Crippen molar-refractivity contribution in [3.63, 3.8) is 0 Å². The van der Waals surface area contributed by atoms with Crippen LogP contribution in [0.4, 0.5) is 13.2 Å². The third-order valence-electron chi connectivity index (χ3n) is 4.33. The lowest BCUT2D eigenvalue weighted by Gasteiger charge is -2.28. The summed E-state index contributed by atoms with van der Waals surface area (Å²) in [5, 5.41) is 9.41. The van der Waals surface area contributed by atoms with Gasteiger partial charge in [0.25, 0.3) is 0 Å². The van der Waals surface area contributed by atoms with Gasteiger partial charge in [-0.3, -0.25) is 9.59 Å². The average molecular weight is 279 g/mol. The maximum absolute atomic E-state index is 12.4. The van der Waals surface area contributed by atoms with Gasteiger partial charge in [0.2, 0.25) is 0 Å².